The number of rotatable bonds is 25. The van der Waals surface area contributed by atoms with E-state index in [1.54, 1.807) is 6.26 Å². The lowest BCUT2D eigenvalue weighted by Gasteiger charge is -2.16. The molecule has 0 aliphatic rings. The number of phosphoric ester groups is 1. The molecule has 0 saturated carbocycles. The zero-order valence-corrected chi connectivity index (χ0v) is 21.0. The molecule has 2 atom stereocenters. The molecule has 32 heavy (non-hydrogen) atoms. The van der Waals surface area contributed by atoms with Crippen molar-refractivity contribution in [2.45, 2.75) is 109 Å². The summed E-state index contributed by atoms with van der Waals surface area (Å²) in [4.78, 5) is 13.6. The number of ether oxygens (including phenoxy) is 1. The van der Waals surface area contributed by atoms with Crippen molar-refractivity contribution in [2.75, 3.05) is 26.4 Å². The number of phosphoric acid groups is 1. The Kier molecular flexibility index (Phi) is 23.3. The molecule has 192 valence electrons. The Labute approximate surface area is 195 Å². The Bertz CT molecular complexity index is 466. The van der Waals surface area contributed by atoms with Gasteiger partial charge in [0.1, 0.15) is 6.61 Å². The normalized spacial score (nSPS) is 14.6. The monoisotopic (exact) mass is 481 g/mol. The summed E-state index contributed by atoms with van der Waals surface area (Å²) < 4.78 is 26.1. The molecule has 0 saturated heterocycles. The maximum absolute atomic E-state index is 11.5. The van der Waals surface area contributed by atoms with Gasteiger partial charge in [0.15, 0.2) is 6.10 Å². The Balaban J connectivity index is 3.46. The average molecular weight is 482 g/mol. The van der Waals surface area contributed by atoms with Crippen LogP contribution in [0.2, 0.25) is 0 Å². The molecule has 4 N–H and O–H groups in total. The van der Waals surface area contributed by atoms with Crippen LogP contribution in [0, 0.1) is 0 Å². The molecule has 0 aromatic heterocycles. The summed E-state index contributed by atoms with van der Waals surface area (Å²) in [6, 6.07) is 0. The van der Waals surface area contributed by atoms with Gasteiger partial charge in [0, 0.05) is 6.54 Å². The number of hydrogen-bond donors (Lipinski definition) is 3. The first-order valence-corrected chi connectivity index (χ1v) is 13.9. The van der Waals surface area contributed by atoms with Gasteiger partial charge in [-0.15, -0.1) is 0 Å². The van der Waals surface area contributed by atoms with E-state index in [9.17, 15) is 9.46 Å². The summed E-state index contributed by atoms with van der Waals surface area (Å²) in [6.07, 6.45) is 22.3. The second kappa shape index (κ2) is 23.7. The third-order valence-corrected chi connectivity index (χ3v) is 6.13. The summed E-state index contributed by atoms with van der Waals surface area (Å²) in [5.41, 5.74) is 5.19. The molecule has 0 fully saturated rings. The molecule has 0 heterocycles. The van der Waals surface area contributed by atoms with Crippen LogP contribution < -0.4 is 5.73 Å². The van der Waals surface area contributed by atoms with Crippen LogP contribution in [-0.2, 0) is 23.2 Å². The smallest absolute Gasteiger partial charge is 0.472 e. The van der Waals surface area contributed by atoms with Gasteiger partial charge < -0.3 is 15.4 Å². The summed E-state index contributed by atoms with van der Waals surface area (Å²) in [5.74, 6) is 0. The highest BCUT2D eigenvalue weighted by Gasteiger charge is 2.23. The van der Waals surface area contributed by atoms with Crippen molar-refractivity contribution in [3.8, 4) is 0 Å². The third kappa shape index (κ3) is 22.7. The maximum Gasteiger partial charge on any atom is 0.472 e. The Morgan fingerprint density at radius 3 is 1.88 bits per heavy atom. The molecule has 0 aromatic rings. The Morgan fingerprint density at radius 2 is 1.38 bits per heavy atom. The number of hydrogen-bond acceptors (Lipinski definition) is 7. The van der Waals surface area contributed by atoms with Crippen molar-refractivity contribution >= 4 is 7.82 Å². The van der Waals surface area contributed by atoms with Crippen molar-refractivity contribution in [2.24, 2.45) is 5.73 Å². The molecule has 0 aliphatic carbocycles. The van der Waals surface area contributed by atoms with Gasteiger partial charge in [-0.05, 0) is 18.9 Å². The van der Waals surface area contributed by atoms with E-state index >= 15 is 0 Å². The van der Waals surface area contributed by atoms with Crippen LogP contribution in [0.1, 0.15) is 103 Å². The van der Waals surface area contributed by atoms with Gasteiger partial charge in [0.2, 0.25) is 0 Å². The highest BCUT2D eigenvalue weighted by Crippen LogP contribution is 2.42. The molecule has 0 aromatic carbocycles. The molecule has 0 bridgehead atoms. The fourth-order valence-electron chi connectivity index (χ4n) is 3.25. The van der Waals surface area contributed by atoms with E-state index in [4.69, 9.17) is 20.3 Å². The average Bonchev–Trinajstić information content (AvgIpc) is 2.79. The minimum Gasteiger partial charge on any atom is -0.499 e. The lowest BCUT2D eigenvalue weighted by Crippen LogP contribution is -2.23. The molecular weight excluding hydrogens is 433 g/mol. The highest BCUT2D eigenvalue weighted by atomic mass is 31.2. The summed E-state index contributed by atoms with van der Waals surface area (Å²) in [6.45, 7) is 1.90. The van der Waals surface area contributed by atoms with Crippen molar-refractivity contribution in [3.05, 3.63) is 12.3 Å². The molecular formula is C23H48NO7P. The van der Waals surface area contributed by atoms with E-state index in [1.807, 2.05) is 6.08 Å². The van der Waals surface area contributed by atoms with Crippen LogP contribution in [0.15, 0.2) is 12.3 Å². The quantitative estimate of drug-likeness (QED) is 0.0454. The van der Waals surface area contributed by atoms with Crippen LogP contribution in [0.25, 0.3) is 0 Å². The van der Waals surface area contributed by atoms with Crippen molar-refractivity contribution in [1.82, 2.24) is 0 Å². The summed E-state index contributed by atoms with van der Waals surface area (Å²) in [7, 11) is -4.20. The second-order valence-corrected chi connectivity index (χ2v) is 9.66. The van der Waals surface area contributed by atoms with E-state index in [0.717, 1.165) is 12.8 Å². The fraction of sp³-hybridized carbons (Fsp3) is 0.913. The van der Waals surface area contributed by atoms with Gasteiger partial charge in [-0.3, -0.25) is 14.3 Å². The molecule has 0 rings (SSSR count). The van der Waals surface area contributed by atoms with E-state index in [1.165, 1.54) is 83.5 Å². The molecule has 0 amide bonds. The van der Waals surface area contributed by atoms with Gasteiger partial charge >= 0.3 is 7.82 Å². The van der Waals surface area contributed by atoms with Gasteiger partial charge in [-0.2, -0.15) is 0 Å². The number of unbranched alkanes of at least 4 members (excludes halogenated alkanes) is 14. The lowest BCUT2D eigenvalue weighted by atomic mass is 10.0. The zero-order valence-electron chi connectivity index (χ0n) is 20.1. The Hall–Kier alpha value is -0.470. The molecule has 9 heteroatoms. The third-order valence-electron chi connectivity index (χ3n) is 5.14. The van der Waals surface area contributed by atoms with Gasteiger partial charge in [0.05, 0.1) is 19.5 Å². The van der Waals surface area contributed by atoms with Crippen LogP contribution in [0.4, 0.5) is 0 Å². The second-order valence-electron chi connectivity index (χ2n) is 8.20. The van der Waals surface area contributed by atoms with Crippen molar-refractivity contribution in [1.29, 1.82) is 0 Å². The van der Waals surface area contributed by atoms with E-state index in [2.05, 4.69) is 16.3 Å². The molecule has 0 aliphatic heterocycles. The van der Waals surface area contributed by atoms with Crippen LogP contribution >= 0.6 is 7.82 Å². The van der Waals surface area contributed by atoms with Gasteiger partial charge in [0.25, 0.3) is 0 Å². The number of nitrogens with two attached hydrogens (primary N) is 1. The minimum absolute atomic E-state index is 0.0113. The maximum atomic E-state index is 11.5. The largest absolute Gasteiger partial charge is 0.499 e. The minimum atomic E-state index is -4.20. The van der Waals surface area contributed by atoms with Crippen LogP contribution in [-0.4, -0.2) is 42.6 Å². The van der Waals surface area contributed by atoms with Crippen LogP contribution in [0.3, 0.4) is 0 Å². The highest BCUT2D eigenvalue weighted by molar-refractivity contribution is 7.47. The predicted octanol–water partition coefficient (Wildman–Crippen LogP) is 6.34. The van der Waals surface area contributed by atoms with Gasteiger partial charge in [-0.25, -0.2) is 9.45 Å². The van der Waals surface area contributed by atoms with E-state index in [-0.39, 0.29) is 26.4 Å². The zero-order chi connectivity index (χ0) is 23.8. The number of allylic oxidation sites excluding steroid dienone is 1. The topological polar surface area (TPSA) is 120 Å². The Morgan fingerprint density at radius 1 is 0.844 bits per heavy atom. The summed E-state index contributed by atoms with van der Waals surface area (Å²) in [5, 5.41) is 8.83. The van der Waals surface area contributed by atoms with Crippen LogP contribution in [0.5, 0.6) is 0 Å². The first kappa shape index (κ1) is 31.5. The van der Waals surface area contributed by atoms with Crippen molar-refractivity contribution < 1.29 is 33.4 Å². The predicted molar refractivity (Wildman–Crippen MR) is 128 cm³/mol. The van der Waals surface area contributed by atoms with Gasteiger partial charge in [-0.1, -0.05) is 90.4 Å². The van der Waals surface area contributed by atoms with E-state index in [0.29, 0.717) is 0 Å². The molecule has 1 unspecified atom stereocenters. The standard InChI is InChI=1S/C23H48NO7P/c1-2-3-4-5-6-7-8-9-10-11-12-13-14-15-16-17-19-28-21-23(31-25)22-30-32(26,27)29-20-18-24/h17,19,23,25H,2-16,18,20-22,24H2,1H3,(H,26,27)/b19-17-/t23-/m1/s1. The molecule has 0 spiro atoms. The SMILES string of the molecule is CCCCCCCCCCCCCCCC/C=C\OC[C@H](COP(=O)(O)OCCN)OO. The lowest BCUT2D eigenvalue weighted by molar-refractivity contribution is -0.289. The fourth-order valence-corrected chi connectivity index (χ4v) is 4.01. The first-order chi connectivity index (χ1) is 15.6. The molecule has 8 nitrogen and oxygen atoms in total. The molecule has 0 radical (unpaired) electrons. The van der Waals surface area contributed by atoms with E-state index < -0.39 is 13.9 Å². The first-order valence-electron chi connectivity index (χ1n) is 12.4. The van der Waals surface area contributed by atoms with Crippen molar-refractivity contribution in [3.63, 3.8) is 0 Å². The summed E-state index contributed by atoms with van der Waals surface area (Å²) >= 11 is 0.